The largest absolute Gasteiger partial charge is 0.493 e. The van der Waals surface area contributed by atoms with Crippen molar-refractivity contribution in [3.63, 3.8) is 0 Å². The molecule has 1 N–H and O–H groups in total. The molecule has 1 amide bonds. The number of hydrogen-bond acceptors (Lipinski definition) is 3. The highest BCUT2D eigenvalue weighted by molar-refractivity contribution is 5.93. The van der Waals surface area contributed by atoms with E-state index in [1.165, 1.54) is 25.3 Å². The van der Waals surface area contributed by atoms with Crippen LogP contribution in [-0.2, 0) is 10.3 Å². The maximum absolute atomic E-state index is 12.7. The van der Waals surface area contributed by atoms with Crippen LogP contribution in [-0.4, -0.2) is 19.6 Å². The van der Waals surface area contributed by atoms with E-state index in [0.717, 1.165) is 24.8 Å². The summed E-state index contributed by atoms with van der Waals surface area (Å²) >= 11 is 0. The lowest BCUT2D eigenvalue weighted by Crippen LogP contribution is -2.50. The number of carbonyl (C=O) groups is 1. The summed E-state index contributed by atoms with van der Waals surface area (Å²) in [5.74, 6) is -0.206. The van der Waals surface area contributed by atoms with E-state index >= 15 is 0 Å². The van der Waals surface area contributed by atoms with Crippen molar-refractivity contribution >= 4 is 12.0 Å². The Morgan fingerprint density at radius 1 is 1.15 bits per heavy atom. The lowest BCUT2D eigenvalue weighted by Gasteiger charge is -2.42. The first-order chi connectivity index (χ1) is 13.0. The Balaban J connectivity index is 1.77. The second-order valence-electron chi connectivity index (χ2n) is 6.38. The van der Waals surface area contributed by atoms with Crippen molar-refractivity contribution in [1.29, 1.82) is 0 Å². The number of carbonyl (C=O) groups excluding carboxylic acids is 1. The van der Waals surface area contributed by atoms with Gasteiger partial charge in [-0.3, -0.25) is 4.79 Å². The van der Waals surface area contributed by atoms with Crippen LogP contribution >= 0.6 is 0 Å². The molecule has 0 spiro atoms. The van der Waals surface area contributed by atoms with Crippen LogP contribution in [0.5, 0.6) is 11.5 Å². The van der Waals surface area contributed by atoms with Crippen LogP contribution < -0.4 is 14.8 Å². The third-order valence-corrected chi connectivity index (χ3v) is 4.75. The molecule has 1 aliphatic carbocycles. The van der Waals surface area contributed by atoms with Gasteiger partial charge in [0.1, 0.15) is 0 Å². The van der Waals surface area contributed by atoms with Gasteiger partial charge in [-0.25, -0.2) is 0 Å². The molecule has 2 aromatic rings. The fraction of sp³-hybridized carbons (Fsp3) is 0.286. The minimum Gasteiger partial charge on any atom is -0.493 e. The van der Waals surface area contributed by atoms with Crippen molar-refractivity contribution in [3.8, 4) is 11.5 Å². The minimum absolute atomic E-state index is 0.0968. The van der Waals surface area contributed by atoms with Crippen LogP contribution in [0.1, 0.15) is 30.4 Å². The van der Waals surface area contributed by atoms with Gasteiger partial charge in [-0.05, 0) is 37.0 Å². The topological polar surface area (TPSA) is 47.6 Å². The summed E-state index contributed by atoms with van der Waals surface area (Å²) in [5.41, 5.74) is 1.05. The van der Waals surface area contributed by atoms with Gasteiger partial charge in [0.15, 0.2) is 11.5 Å². The molecule has 4 nitrogen and oxygen atoms in total. The number of rotatable bonds is 7. The van der Waals surface area contributed by atoms with Gasteiger partial charge < -0.3 is 14.8 Å². The number of methoxy groups -OCH3 is 1. The maximum Gasteiger partial charge on any atom is 0.387 e. The molecule has 3 rings (SSSR count). The molecule has 1 fully saturated rings. The summed E-state index contributed by atoms with van der Waals surface area (Å²) in [4.78, 5) is 12.5. The molecule has 1 saturated carbocycles. The van der Waals surface area contributed by atoms with Crippen molar-refractivity contribution in [1.82, 2.24) is 5.32 Å². The van der Waals surface area contributed by atoms with Gasteiger partial charge >= 0.3 is 6.61 Å². The number of hydrogen-bond donors (Lipinski definition) is 1. The number of halogens is 2. The van der Waals surface area contributed by atoms with Gasteiger partial charge in [0.25, 0.3) is 0 Å². The fourth-order valence-electron chi connectivity index (χ4n) is 3.26. The molecule has 1 aliphatic rings. The summed E-state index contributed by atoms with van der Waals surface area (Å²) in [7, 11) is 1.37. The van der Waals surface area contributed by atoms with E-state index in [-0.39, 0.29) is 22.9 Å². The predicted molar refractivity (Wildman–Crippen MR) is 98.8 cm³/mol. The van der Waals surface area contributed by atoms with Crippen LogP contribution in [0.2, 0.25) is 0 Å². The maximum atomic E-state index is 12.7. The zero-order valence-corrected chi connectivity index (χ0v) is 15.0. The molecule has 0 heterocycles. The third-order valence-electron chi connectivity index (χ3n) is 4.75. The Labute approximate surface area is 156 Å². The zero-order chi connectivity index (χ0) is 19.3. The van der Waals surface area contributed by atoms with Crippen molar-refractivity contribution in [3.05, 3.63) is 65.7 Å². The van der Waals surface area contributed by atoms with Crippen molar-refractivity contribution < 1.29 is 23.0 Å². The van der Waals surface area contributed by atoms with Crippen LogP contribution in [0.4, 0.5) is 8.78 Å². The second-order valence-corrected chi connectivity index (χ2v) is 6.38. The first kappa shape index (κ1) is 18.9. The molecule has 2 aromatic carbocycles. The Morgan fingerprint density at radius 2 is 1.89 bits per heavy atom. The van der Waals surface area contributed by atoms with Crippen LogP contribution in [0.3, 0.4) is 0 Å². The number of amides is 1. The quantitative estimate of drug-likeness (QED) is 0.727. The van der Waals surface area contributed by atoms with E-state index in [0.29, 0.717) is 5.56 Å². The Hall–Kier alpha value is -2.89. The molecule has 0 aliphatic heterocycles. The number of benzene rings is 2. The van der Waals surface area contributed by atoms with E-state index in [9.17, 15) is 13.6 Å². The molecule has 0 bridgehead atoms. The normalized spacial score (nSPS) is 15.4. The lowest BCUT2D eigenvalue weighted by molar-refractivity contribution is -0.119. The summed E-state index contributed by atoms with van der Waals surface area (Å²) in [6.45, 7) is -2.99. The fourth-order valence-corrected chi connectivity index (χ4v) is 3.26. The average molecular weight is 373 g/mol. The molecule has 142 valence electrons. The van der Waals surface area contributed by atoms with Gasteiger partial charge in [-0.2, -0.15) is 8.78 Å². The minimum atomic E-state index is -2.99. The summed E-state index contributed by atoms with van der Waals surface area (Å²) < 4.78 is 35.0. The smallest absolute Gasteiger partial charge is 0.387 e. The Bertz CT molecular complexity index is 817. The molecule has 0 saturated heterocycles. The van der Waals surface area contributed by atoms with E-state index in [4.69, 9.17) is 4.74 Å². The molecular formula is C21H21F2NO3. The highest BCUT2D eigenvalue weighted by Gasteiger charge is 2.39. The van der Waals surface area contributed by atoms with Gasteiger partial charge in [0, 0.05) is 11.6 Å². The van der Waals surface area contributed by atoms with Crippen LogP contribution in [0, 0.1) is 0 Å². The number of ether oxygens (including phenoxy) is 2. The molecule has 0 radical (unpaired) electrons. The van der Waals surface area contributed by atoms with Gasteiger partial charge in [-0.15, -0.1) is 0 Å². The zero-order valence-electron chi connectivity index (χ0n) is 15.0. The van der Waals surface area contributed by atoms with Crippen LogP contribution in [0.15, 0.2) is 54.6 Å². The molecule has 0 atom stereocenters. The number of alkyl halides is 2. The monoisotopic (exact) mass is 373 g/mol. The lowest BCUT2D eigenvalue weighted by atomic mass is 9.72. The molecule has 0 aromatic heterocycles. The van der Waals surface area contributed by atoms with Crippen molar-refractivity contribution in [2.75, 3.05) is 7.11 Å². The number of nitrogens with one attached hydrogen (secondary N) is 1. The SMILES string of the molecule is COc1cccc(/C=C/C(=O)NC2(c3ccccc3)CCC2)c1OC(F)F. The third kappa shape index (κ3) is 4.27. The Morgan fingerprint density at radius 3 is 2.48 bits per heavy atom. The molecule has 27 heavy (non-hydrogen) atoms. The average Bonchev–Trinajstić information content (AvgIpc) is 2.64. The standard InChI is InChI=1S/C21H21F2NO3/c1-26-17-10-5-7-15(19(17)27-20(22)23)11-12-18(25)24-21(13-6-14-21)16-8-3-2-4-9-16/h2-5,7-12,20H,6,13-14H2,1H3,(H,24,25)/b12-11+. The first-order valence-electron chi connectivity index (χ1n) is 8.72. The van der Waals surface area contributed by atoms with Crippen molar-refractivity contribution in [2.45, 2.75) is 31.4 Å². The van der Waals surface area contributed by atoms with Gasteiger partial charge in [0.2, 0.25) is 5.91 Å². The van der Waals surface area contributed by atoms with E-state index in [2.05, 4.69) is 10.1 Å². The second kappa shape index (κ2) is 8.20. The van der Waals surface area contributed by atoms with Crippen molar-refractivity contribution in [2.24, 2.45) is 0 Å². The van der Waals surface area contributed by atoms with Gasteiger partial charge in [0.05, 0.1) is 12.6 Å². The first-order valence-corrected chi connectivity index (χ1v) is 8.72. The molecular weight excluding hydrogens is 352 g/mol. The van der Waals surface area contributed by atoms with E-state index < -0.39 is 6.61 Å². The van der Waals surface area contributed by atoms with Crippen LogP contribution in [0.25, 0.3) is 6.08 Å². The molecule has 6 heteroatoms. The van der Waals surface area contributed by atoms with E-state index in [1.54, 1.807) is 12.1 Å². The Kier molecular flexibility index (Phi) is 5.74. The highest BCUT2D eigenvalue weighted by atomic mass is 19.3. The van der Waals surface area contributed by atoms with Gasteiger partial charge in [-0.1, -0.05) is 42.5 Å². The summed E-state index contributed by atoms with van der Waals surface area (Å²) in [5, 5.41) is 3.06. The summed E-state index contributed by atoms with van der Waals surface area (Å²) in [6, 6.07) is 14.6. The number of para-hydroxylation sites is 1. The predicted octanol–water partition coefficient (Wildman–Crippen LogP) is 4.51. The molecule has 0 unspecified atom stereocenters. The van der Waals surface area contributed by atoms with E-state index in [1.807, 2.05) is 30.3 Å². The highest BCUT2D eigenvalue weighted by Crippen LogP contribution is 2.41. The summed E-state index contributed by atoms with van der Waals surface area (Å²) in [6.07, 6.45) is 5.56.